The van der Waals surface area contributed by atoms with E-state index in [1.165, 1.54) is 0 Å². The number of anilines is 1. The molecule has 2 aromatic rings. The number of nitrogens with zero attached hydrogens (tertiary/aromatic N) is 2. The molecule has 16 heavy (non-hydrogen) atoms. The van der Waals surface area contributed by atoms with E-state index < -0.39 is 0 Å². The van der Waals surface area contributed by atoms with E-state index in [-0.39, 0.29) is 0 Å². The molecule has 2 N–H and O–H groups in total. The summed E-state index contributed by atoms with van der Waals surface area (Å²) in [7, 11) is 0. The quantitative estimate of drug-likeness (QED) is 0.825. The van der Waals surface area contributed by atoms with Crippen LogP contribution in [0.1, 0.15) is 0 Å². The summed E-state index contributed by atoms with van der Waals surface area (Å²) < 4.78 is 2.17. The zero-order valence-corrected chi connectivity index (χ0v) is 10.1. The molecule has 0 bridgehead atoms. The number of nitrogen functional groups attached to an aromatic ring is 1. The van der Waals surface area contributed by atoms with Gasteiger partial charge in [-0.15, -0.1) is 0 Å². The first-order valence-electron chi connectivity index (χ1n) is 5.17. The highest BCUT2D eigenvalue weighted by Crippen LogP contribution is 2.19. The minimum atomic E-state index is 0.783. The second-order valence-corrected chi connectivity index (χ2v) is 4.54. The first-order chi connectivity index (χ1) is 7.81. The summed E-state index contributed by atoms with van der Waals surface area (Å²) >= 11 is 1.84. The molecule has 0 atom stereocenters. The summed E-state index contributed by atoms with van der Waals surface area (Å²) in [5.74, 6) is 2.10. The lowest BCUT2D eigenvalue weighted by atomic mass is 10.2. The van der Waals surface area contributed by atoms with Crippen LogP contribution in [0.3, 0.4) is 0 Å². The van der Waals surface area contributed by atoms with Crippen LogP contribution in [0, 0.1) is 0 Å². The van der Waals surface area contributed by atoms with Crippen molar-refractivity contribution in [2.24, 2.45) is 0 Å². The van der Waals surface area contributed by atoms with Crippen LogP contribution in [0.15, 0.2) is 36.7 Å². The van der Waals surface area contributed by atoms with E-state index in [9.17, 15) is 0 Å². The highest BCUT2D eigenvalue weighted by atomic mass is 32.2. The lowest BCUT2D eigenvalue weighted by molar-refractivity contribution is 0.780. The van der Waals surface area contributed by atoms with Gasteiger partial charge in [0.05, 0.1) is 0 Å². The molecule has 1 aromatic heterocycles. The zero-order valence-electron chi connectivity index (χ0n) is 9.26. The highest BCUT2D eigenvalue weighted by Gasteiger charge is 2.04. The maximum Gasteiger partial charge on any atom is 0.139 e. The molecule has 0 saturated heterocycles. The maximum atomic E-state index is 5.67. The molecule has 0 unspecified atom stereocenters. The van der Waals surface area contributed by atoms with Gasteiger partial charge < -0.3 is 10.3 Å². The average Bonchev–Trinajstić information content (AvgIpc) is 2.75. The van der Waals surface area contributed by atoms with Crippen molar-refractivity contribution in [2.75, 3.05) is 17.7 Å². The van der Waals surface area contributed by atoms with E-state index in [2.05, 4.69) is 15.8 Å². The van der Waals surface area contributed by atoms with Crippen molar-refractivity contribution in [3.63, 3.8) is 0 Å². The van der Waals surface area contributed by atoms with Crippen LogP contribution in [0.25, 0.3) is 11.4 Å². The summed E-state index contributed by atoms with van der Waals surface area (Å²) in [6.45, 7) is 0.987. The van der Waals surface area contributed by atoms with Gasteiger partial charge in [-0.1, -0.05) is 0 Å². The topological polar surface area (TPSA) is 43.8 Å². The zero-order chi connectivity index (χ0) is 11.4. The molecule has 0 aliphatic heterocycles. The summed E-state index contributed by atoms with van der Waals surface area (Å²) in [6.07, 6.45) is 5.97. The number of aryl methyl sites for hydroxylation is 1. The minimum Gasteiger partial charge on any atom is -0.399 e. The lowest BCUT2D eigenvalue weighted by Crippen LogP contribution is -2.01. The Morgan fingerprint density at radius 1 is 1.31 bits per heavy atom. The van der Waals surface area contributed by atoms with Crippen molar-refractivity contribution in [1.29, 1.82) is 0 Å². The van der Waals surface area contributed by atoms with Crippen LogP contribution in [-0.4, -0.2) is 21.6 Å². The Kier molecular flexibility index (Phi) is 3.51. The average molecular weight is 233 g/mol. The van der Waals surface area contributed by atoms with Gasteiger partial charge in [0, 0.05) is 35.9 Å². The van der Waals surface area contributed by atoms with Gasteiger partial charge in [0.1, 0.15) is 5.82 Å². The second-order valence-electron chi connectivity index (χ2n) is 3.56. The molecule has 1 aromatic carbocycles. The molecule has 84 valence electrons. The van der Waals surface area contributed by atoms with Crippen LogP contribution in [0.5, 0.6) is 0 Å². The summed E-state index contributed by atoms with van der Waals surface area (Å²) in [6, 6.07) is 7.83. The van der Waals surface area contributed by atoms with Gasteiger partial charge in [-0.25, -0.2) is 4.98 Å². The van der Waals surface area contributed by atoms with Gasteiger partial charge in [0.25, 0.3) is 0 Å². The number of imidazole rings is 1. The third kappa shape index (κ3) is 2.39. The van der Waals surface area contributed by atoms with Gasteiger partial charge in [0.2, 0.25) is 0 Å². The Morgan fingerprint density at radius 2 is 2.06 bits per heavy atom. The Balaban J connectivity index is 2.26. The molecule has 0 aliphatic rings. The third-order valence-corrected chi connectivity index (χ3v) is 3.01. The summed E-state index contributed by atoms with van der Waals surface area (Å²) in [5, 5.41) is 0. The number of aromatic nitrogens is 2. The number of benzene rings is 1. The van der Waals surface area contributed by atoms with Crippen molar-refractivity contribution in [1.82, 2.24) is 9.55 Å². The van der Waals surface area contributed by atoms with Crippen molar-refractivity contribution in [2.45, 2.75) is 6.54 Å². The first-order valence-corrected chi connectivity index (χ1v) is 6.56. The predicted molar refractivity (Wildman–Crippen MR) is 70.5 cm³/mol. The Hall–Kier alpha value is -1.42. The number of hydrogen-bond acceptors (Lipinski definition) is 3. The summed E-state index contributed by atoms with van der Waals surface area (Å²) in [5.41, 5.74) is 7.56. The fraction of sp³-hybridized carbons (Fsp3) is 0.250. The van der Waals surface area contributed by atoms with Gasteiger partial charge in [-0.2, -0.15) is 11.8 Å². The fourth-order valence-corrected chi connectivity index (χ4v) is 1.95. The third-order valence-electron chi connectivity index (χ3n) is 2.42. The molecule has 3 nitrogen and oxygen atoms in total. The van der Waals surface area contributed by atoms with Crippen molar-refractivity contribution in [3.05, 3.63) is 36.7 Å². The molecule has 4 heteroatoms. The molecule has 0 amide bonds. The number of thioether (sulfide) groups is 1. The van der Waals surface area contributed by atoms with Crippen LogP contribution < -0.4 is 5.73 Å². The van der Waals surface area contributed by atoms with Crippen LogP contribution in [0.4, 0.5) is 5.69 Å². The number of hydrogen-bond donors (Lipinski definition) is 1. The largest absolute Gasteiger partial charge is 0.399 e. The maximum absolute atomic E-state index is 5.67. The Bertz CT molecular complexity index is 448. The smallest absolute Gasteiger partial charge is 0.139 e. The minimum absolute atomic E-state index is 0.783. The predicted octanol–water partition coefficient (Wildman–Crippen LogP) is 2.50. The molecule has 2 rings (SSSR count). The van der Waals surface area contributed by atoms with Crippen molar-refractivity contribution >= 4 is 17.4 Å². The molecule has 0 aliphatic carbocycles. The molecule has 0 spiro atoms. The second kappa shape index (κ2) is 5.07. The van der Waals surface area contributed by atoms with E-state index in [4.69, 9.17) is 5.73 Å². The fourth-order valence-electron chi connectivity index (χ4n) is 1.57. The Labute approximate surface area is 99.7 Å². The first kappa shape index (κ1) is 11.1. The van der Waals surface area contributed by atoms with E-state index in [1.807, 2.05) is 48.4 Å². The van der Waals surface area contributed by atoms with Gasteiger partial charge >= 0.3 is 0 Å². The van der Waals surface area contributed by atoms with Crippen molar-refractivity contribution < 1.29 is 0 Å². The molecule has 0 radical (unpaired) electrons. The van der Waals surface area contributed by atoms with Gasteiger partial charge in [-0.3, -0.25) is 0 Å². The van der Waals surface area contributed by atoms with Crippen LogP contribution >= 0.6 is 11.8 Å². The molecule has 0 fully saturated rings. The van der Waals surface area contributed by atoms with Crippen LogP contribution in [-0.2, 0) is 6.54 Å². The molecule has 1 heterocycles. The highest BCUT2D eigenvalue weighted by molar-refractivity contribution is 7.98. The van der Waals surface area contributed by atoms with Gasteiger partial charge in [0.15, 0.2) is 0 Å². The van der Waals surface area contributed by atoms with E-state index in [0.29, 0.717) is 0 Å². The number of nitrogens with two attached hydrogens (primary N) is 1. The molecule has 0 saturated carbocycles. The van der Waals surface area contributed by atoms with E-state index in [1.54, 1.807) is 0 Å². The lowest BCUT2D eigenvalue weighted by Gasteiger charge is -2.06. The van der Waals surface area contributed by atoms with E-state index >= 15 is 0 Å². The normalized spacial score (nSPS) is 10.6. The molecular formula is C12H15N3S. The number of rotatable bonds is 4. The monoisotopic (exact) mass is 233 g/mol. The van der Waals surface area contributed by atoms with Gasteiger partial charge in [-0.05, 0) is 30.5 Å². The molecular weight excluding hydrogens is 218 g/mol. The van der Waals surface area contributed by atoms with E-state index in [0.717, 1.165) is 29.4 Å². The van der Waals surface area contributed by atoms with Crippen molar-refractivity contribution in [3.8, 4) is 11.4 Å². The summed E-state index contributed by atoms with van der Waals surface area (Å²) in [4.78, 5) is 4.38. The SMILES string of the molecule is CSCCn1ccnc1-c1ccc(N)cc1. The Morgan fingerprint density at radius 3 is 2.75 bits per heavy atom. The standard InChI is InChI=1S/C12H15N3S/c1-16-9-8-15-7-6-14-12(15)10-2-4-11(13)5-3-10/h2-7H,8-9,13H2,1H3. The van der Waals surface area contributed by atoms with Crippen LogP contribution in [0.2, 0.25) is 0 Å².